The van der Waals surface area contributed by atoms with Gasteiger partial charge < -0.3 is 4.74 Å². The Hall–Kier alpha value is -2.26. The quantitative estimate of drug-likeness (QED) is 0.819. The van der Waals surface area contributed by atoms with E-state index in [1.165, 1.54) is 17.9 Å². The Morgan fingerprint density at radius 1 is 1.44 bits per heavy atom. The molecule has 0 atom stereocenters. The highest BCUT2D eigenvalue weighted by molar-refractivity contribution is 5.25. The van der Waals surface area contributed by atoms with E-state index in [9.17, 15) is 4.39 Å². The van der Waals surface area contributed by atoms with Gasteiger partial charge in [0.2, 0.25) is 0 Å². The van der Waals surface area contributed by atoms with Crippen molar-refractivity contribution in [2.24, 2.45) is 0 Å². The summed E-state index contributed by atoms with van der Waals surface area (Å²) in [5, 5.41) is 16.5. The number of nitriles is 1. The number of halogens is 1. The molecular formula is C12H11FN4O. The summed E-state index contributed by atoms with van der Waals surface area (Å²) in [6.45, 7) is 0.435. The van der Waals surface area contributed by atoms with Gasteiger partial charge in [-0.1, -0.05) is 23.4 Å². The molecule has 0 fully saturated rings. The molecule has 0 amide bonds. The van der Waals surface area contributed by atoms with Crippen LogP contribution in [-0.2, 0) is 17.9 Å². The summed E-state index contributed by atoms with van der Waals surface area (Å²) in [5.41, 5.74) is 1.24. The highest BCUT2D eigenvalue weighted by Crippen LogP contribution is 2.12. The van der Waals surface area contributed by atoms with E-state index < -0.39 is 0 Å². The van der Waals surface area contributed by atoms with Crippen LogP contribution in [-0.4, -0.2) is 22.1 Å². The number of hydrogen-bond donors (Lipinski definition) is 0. The maximum Gasteiger partial charge on any atom is 0.188 e. The molecule has 0 N–H and O–H groups in total. The molecule has 0 unspecified atom stereocenters. The minimum absolute atomic E-state index is 0.202. The van der Waals surface area contributed by atoms with E-state index in [4.69, 9.17) is 10.00 Å². The number of aromatic nitrogens is 3. The van der Waals surface area contributed by atoms with Gasteiger partial charge in [0.05, 0.1) is 13.2 Å². The SMILES string of the molecule is COCc1c(C#N)nnn1Cc1ccccc1F. The Morgan fingerprint density at radius 3 is 2.89 bits per heavy atom. The van der Waals surface area contributed by atoms with E-state index in [2.05, 4.69) is 10.3 Å². The molecule has 1 heterocycles. The molecule has 1 aromatic heterocycles. The zero-order valence-corrected chi connectivity index (χ0v) is 9.80. The molecule has 0 spiro atoms. The third-order valence-corrected chi connectivity index (χ3v) is 2.50. The van der Waals surface area contributed by atoms with Gasteiger partial charge in [-0.05, 0) is 6.07 Å². The molecule has 2 aromatic rings. The Morgan fingerprint density at radius 2 is 2.22 bits per heavy atom. The van der Waals surface area contributed by atoms with Crippen molar-refractivity contribution in [2.75, 3.05) is 7.11 Å². The smallest absolute Gasteiger partial charge is 0.188 e. The number of rotatable bonds is 4. The summed E-state index contributed by atoms with van der Waals surface area (Å²) in [7, 11) is 1.52. The molecule has 0 aliphatic heterocycles. The van der Waals surface area contributed by atoms with Crippen LogP contribution in [0.2, 0.25) is 0 Å². The van der Waals surface area contributed by atoms with Crippen molar-refractivity contribution in [3.8, 4) is 6.07 Å². The summed E-state index contributed by atoms with van der Waals surface area (Å²) in [6.07, 6.45) is 0. The maximum atomic E-state index is 13.5. The van der Waals surface area contributed by atoms with Crippen molar-refractivity contribution in [3.05, 3.63) is 47.0 Å². The lowest BCUT2D eigenvalue weighted by molar-refractivity contribution is 0.177. The van der Waals surface area contributed by atoms with E-state index in [0.717, 1.165) is 0 Å². The van der Waals surface area contributed by atoms with Crippen molar-refractivity contribution in [2.45, 2.75) is 13.2 Å². The summed E-state index contributed by atoms with van der Waals surface area (Å²) in [4.78, 5) is 0. The third-order valence-electron chi connectivity index (χ3n) is 2.50. The van der Waals surface area contributed by atoms with Crippen molar-refractivity contribution < 1.29 is 9.13 Å². The molecule has 0 aliphatic carbocycles. The summed E-state index contributed by atoms with van der Waals surface area (Å²) >= 11 is 0. The molecule has 6 heteroatoms. The Labute approximate surface area is 103 Å². The second-order valence-corrected chi connectivity index (χ2v) is 3.68. The number of nitrogens with zero attached hydrogens (tertiary/aromatic N) is 4. The zero-order chi connectivity index (χ0) is 13.0. The molecule has 0 saturated carbocycles. The van der Waals surface area contributed by atoms with Crippen LogP contribution >= 0.6 is 0 Å². The van der Waals surface area contributed by atoms with Crippen LogP contribution in [0.3, 0.4) is 0 Å². The van der Waals surface area contributed by atoms with Gasteiger partial charge in [-0.25, -0.2) is 9.07 Å². The molecule has 2 rings (SSSR count). The predicted octanol–water partition coefficient (Wildman–Crippen LogP) is 1.48. The van der Waals surface area contributed by atoms with Crippen LogP contribution < -0.4 is 0 Å². The van der Waals surface area contributed by atoms with Crippen LogP contribution in [0.4, 0.5) is 4.39 Å². The Kier molecular flexibility index (Phi) is 3.65. The third kappa shape index (κ3) is 2.36. The van der Waals surface area contributed by atoms with Gasteiger partial charge in [-0.2, -0.15) is 5.26 Å². The lowest BCUT2D eigenvalue weighted by atomic mass is 10.2. The number of methoxy groups -OCH3 is 1. The van der Waals surface area contributed by atoms with Crippen molar-refractivity contribution >= 4 is 0 Å². The van der Waals surface area contributed by atoms with E-state index in [1.54, 1.807) is 18.2 Å². The highest BCUT2D eigenvalue weighted by atomic mass is 19.1. The van der Waals surface area contributed by atoms with Crippen LogP contribution in [0.25, 0.3) is 0 Å². The van der Waals surface area contributed by atoms with Crippen LogP contribution in [0.5, 0.6) is 0 Å². The second-order valence-electron chi connectivity index (χ2n) is 3.68. The van der Waals surface area contributed by atoms with Crippen molar-refractivity contribution in [1.29, 1.82) is 5.26 Å². The van der Waals surface area contributed by atoms with Crippen LogP contribution in [0.1, 0.15) is 17.0 Å². The maximum absolute atomic E-state index is 13.5. The van der Waals surface area contributed by atoms with Crippen LogP contribution in [0.15, 0.2) is 24.3 Å². The van der Waals surface area contributed by atoms with Gasteiger partial charge in [-0.3, -0.25) is 0 Å². The van der Waals surface area contributed by atoms with Gasteiger partial charge in [0, 0.05) is 12.7 Å². The van der Waals surface area contributed by atoms with Crippen LogP contribution in [0, 0.1) is 17.1 Å². The van der Waals surface area contributed by atoms with Gasteiger partial charge in [0.1, 0.15) is 17.6 Å². The summed E-state index contributed by atoms with van der Waals surface area (Å²) in [5.74, 6) is -0.310. The highest BCUT2D eigenvalue weighted by Gasteiger charge is 2.13. The van der Waals surface area contributed by atoms with E-state index in [1.807, 2.05) is 6.07 Å². The van der Waals surface area contributed by atoms with E-state index >= 15 is 0 Å². The molecule has 0 radical (unpaired) electrons. The molecule has 18 heavy (non-hydrogen) atoms. The molecule has 0 aliphatic rings. The minimum atomic E-state index is -0.310. The van der Waals surface area contributed by atoms with Gasteiger partial charge in [0.25, 0.3) is 0 Å². The van der Waals surface area contributed by atoms with Crippen molar-refractivity contribution in [3.63, 3.8) is 0 Å². The zero-order valence-electron chi connectivity index (χ0n) is 9.80. The second kappa shape index (κ2) is 5.38. The fourth-order valence-corrected chi connectivity index (χ4v) is 1.61. The molecule has 0 saturated heterocycles. The monoisotopic (exact) mass is 246 g/mol. The largest absolute Gasteiger partial charge is 0.378 e. The first-order valence-corrected chi connectivity index (χ1v) is 5.31. The summed E-state index contributed by atoms with van der Waals surface area (Å²) in [6, 6.07) is 8.35. The fourth-order valence-electron chi connectivity index (χ4n) is 1.61. The fraction of sp³-hybridized carbons (Fsp3) is 0.250. The number of benzene rings is 1. The number of ether oxygens (including phenoxy) is 1. The summed E-state index contributed by atoms with van der Waals surface area (Å²) < 4.78 is 20.0. The van der Waals surface area contributed by atoms with E-state index in [-0.39, 0.29) is 24.7 Å². The minimum Gasteiger partial charge on any atom is -0.378 e. The molecular weight excluding hydrogens is 235 g/mol. The molecule has 92 valence electrons. The average Bonchev–Trinajstić information content (AvgIpc) is 2.75. The first kappa shape index (κ1) is 12.2. The topological polar surface area (TPSA) is 63.7 Å². The molecule has 1 aromatic carbocycles. The van der Waals surface area contributed by atoms with Crippen molar-refractivity contribution in [1.82, 2.24) is 15.0 Å². The average molecular weight is 246 g/mol. The van der Waals surface area contributed by atoms with Gasteiger partial charge in [0.15, 0.2) is 5.69 Å². The first-order chi connectivity index (χ1) is 8.76. The number of hydrogen-bond acceptors (Lipinski definition) is 4. The predicted molar refractivity (Wildman–Crippen MR) is 61.0 cm³/mol. The van der Waals surface area contributed by atoms with Gasteiger partial charge >= 0.3 is 0 Å². The Balaban J connectivity index is 2.32. The lowest BCUT2D eigenvalue weighted by Crippen LogP contribution is -2.09. The normalized spacial score (nSPS) is 10.3. The molecule has 5 nitrogen and oxygen atoms in total. The Bertz CT molecular complexity index is 588. The van der Waals surface area contributed by atoms with E-state index in [0.29, 0.717) is 11.3 Å². The standard InChI is InChI=1S/C12H11FN4O/c1-18-8-12-11(6-14)15-16-17(12)7-9-4-2-3-5-10(9)13/h2-5H,7-8H2,1H3. The first-order valence-electron chi connectivity index (χ1n) is 5.31. The lowest BCUT2D eigenvalue weighted by Gasteiger charge is -2.06. The molecule has 0 bridgehead atoms. The van der Waals surface area contributed by atoms with Gasteiger partial charge in [-0.15, -0.1) is 5.10 Å².